The summed E-state index contributed by atoms with van der Waals surface area (Å²) in [5.41, 5.74) is 5.35. The van der Waals surface area contributed by atoms with Gasteiger partial charge in [0.25, 0.3) is 0 Å². The van der Waals surface area contributed by atoms with Crippen LogP contribution in [-0.4, -0.2) is 47.8 Å². The maximum absolute atomic E-state index is 12.7. The zero-order valence-corrected chi connectivity index (χ0v) is 33.9. The van der Waals surface area contributed by atoms with Crippen LogP contribution in [0, 0.1) is 0 Å². The number of amides is 1. The monoisotopic (exact) mass is 749 g/mol. The summed E-state index contributed by atoms with van der Waals surface area (Å²) >= 11 is 0. The molecule has 0 aromatic carbocycles. The number of nitrogens with one attached hydrogen (secondary N) is 1. The van der Waals surface area contributed by atoms with Crippen molar-refractivity contribution in [3.8, 4) is 0 Å². The molecule has 3 unspecified atom stereocenters. The summed E-state index contributed by atoms with van der Waals surface area (Å²) in [7, 11) is -4.37. The van der Waals surface area contributed by atoms with Crippen molar-refractivity contribution in [3.63, 3.8) is 0 Å². The van der Waals surface area contributed by atoms with Crippen LogP contribution in [0.15, 0.2) is 72.9 Å². The lowest BCUT2D eigenvalue weighted by atomic mass is 10.0. The van der Waals surface area contributed by atoms with Crippen molar-refractivity contribution in [3.05, 3.63) is 72.9 Å². The fourth-order valence-electron chi connectivity index (χ4n) is 5.45. The van der Waals surface area contributed by atoms with E-state index in [9.17, 15) is 19.4 Å². The first-order valence-corrected chi connectivity index (χ1v) is 22.1. The van der Waals surface area contributed by atoms with Gasteiger partial charge in [-0.05, 0) is 57.8 Å². The highest BCUT2D eigenvalue weighted by Crippen LogP contribution is 2.43. The lowest BCUT2D eigenvalue weighted by molar-refractivity contribution is -0.122. The third-order valence-corrected chi connectivity index (χ3v) is 9.51. The van der Waals surface area contributed by atoms with E-state index in [0.29, 0.717) is 6.42 Å². The van der Waals surface area contributed by atoms with Crippen molar-refractivity contribution in [2.75, 3.05) is 19.8 Å². The van der Waals surface area contributed by atoms with Gasteiger partial charge in [-0.15, -0.1) is 0 Å². The maximum atomic E-state index is 12.7. The summed E-state index contributed by atoms with van der Waals surface area (Å²) in [6.45, 7) is 3.92. The second kappa shape index (κ2) is 38.7. The first-order valence-electron chi connectivity index (χ1n) is 20.6. The number of rotatable bonds is 37. The third-order valence-electron chi connectivity index (χ3n) is 8.53. The summed E-state index contributed by atoms with van der Waals surface area (Å²) in [6.07, 6.45) is 49.8. The molecule has 300 valence electrons. The maximum Gasteiger partial charge on any atom is 0.472 e. The quantitative estimate of drug-likeness (QED) is 0.0282. The number of aliphatic hydroxyl groups excluding tert-OH is 1. The SMILES string of the molecule is CC/C=C\C/C=C\C/C=C\C/C=C\CCC(=O)NC(COP(=O)(O)OCCN)C(O)/C=C/CC/C=C/CCCCCCCCCCCCCCCC. The number of hydrogen-bond acceptors (Lipinski definition) is 6. The topological polar surface area (TPSA) is 131 Å². The molecule has 0 fully saturated rings. The predicted octanol–water partition coefficient (Wildman–Crippen LogP) is 11.3. The van der Waals surface area contributed by atoms with E-state index in [4.69, 9.17) is 14.8 Å². The molecule has 0 aliphatic heterocycles. The van der Waals surface area contributed by atoms with Crippen LogP contribution in [0.5, 0.6) is 0 Å². The Hall–Kier alpha value is -2.06. The molecule has 5 N–H and O–H groups in total. The van der Waals surface area contributed by atoms with Gasteiger partial charge in [0.05, 0.1) is 25.4 Å². The van der Waals surface area contributed by atoms with Crippen LogP contribution in [-0.2, 0) is 18.4 Å². The van der Waals surface area contributed by atoms with Gasteiger partial charge in [-0.25, -0.2) is 4.57 Å². The number of hydrogen-bond donors (Lipinski definition) is 4. The number of phosphoric acid groups is 1. The van der Waals surface area contributed by atoms with Crippen LogP contribution < -0.4 is 11.1 Å². The molecule has 3 atom stereocenters. The second-order valence-corrected chi connectivity index (χ2v) is 14.9. The number of unbranched alkanes of at least 4 members (excludes halogenated alkanes) is 15. The van der Waals surface area contributed by atoms with E-state index in [1.54, 1.807) is 6.08 Å². The van der Waals surface area contributed by atoms with Gasteiger partial charge in [0, 0.05) is 13.0 Å². The Labute approximate surface area is 318 Å². The fraction of sp³-hybridized carbons (Fsp3) is 0.698. The number of aliphatic hydroxyl groups is 1. The van der Waals surface area contributed by atoms with E-state index in [1.807, 2.05) is 18.2 Å². The second-order valence-electron chi connectivity index (χ2n) is 13.5. The largest absolute Gasteiger partial charge is 0.472 e. The third kappa shape index (κ3) is 36.3. The Morgan fingerprint density at radius 1 is 0.654 bits per heavy atom. The minimum atomic E-state index is -4.37. The molecule has 0 aromatic heterocycles. The molecular formula is C43H77N2O6P. The zero-order valence-electron chi connectivity index (χ0n) is 33.0. The van der Waals surface area contributed by atoms with Gasteiger partial charge in [0.1, 0.15) is 0 Å². The van der Waals surface area contributed by atoms with Crippen molar-refractivity contribution in [1.29, 1.82) is 0 Å². The van der Waals surface area contributed by atoms with E-state index in [-0.39, 0.29) is 25.5 Å². The van der Waals surface area contributed by atoms with Gasteiger partial charge in [-0.3, -0.25) is 13.8 Å². The minimum Gasteiger partial charge on any atom is -0.387 e. The van der Waals surface area contributed by atoms with E-state index < -0.39 is 26.6 Å². The number of carbonyl (C=O) groups excluding carboxylic acids is 1. The van der Waals surface area contributed by atoms with Crippen LogP contribution in [0.25, 0.3) is 0 Å². The first-order chi connectivity index (χ1) is 25.4. The Bertz CT molecular complexity index is 1040. The molecule has 0 aliphatic rings. The minimum absolute atomic E-state index is 0.0601. The smallest absolute Gasteiger partial charge is 0.387 e. The van der Waals surface area contributed by atoms with Crippen molar-refractivity contribution in [2.24, 2.45) is 5.73 Å². The summed E-state index contributed by atoms with van der Waals surface area (Å²) in [6, 6.07) is -0.918. The molecule has 0 saturated heterocycles. The molecular weight excluding hydrogens is 671 g/mol. The molecule has 1 amide bonds. The van der Waals surface area contributed by atoms with E-state index in [1.165, 1.54) is 89.9 Å². The molecule has 8 nitrogen and oxygen atoms in total. The first kappa shape index (κ1) is 49.9. The molecule has 0 spiro atoms. The van der Waals surface area contributed by atoms with E-state index in [2.05, 4.69) is 67.8 Å². The van der Waals surface area contributed by atoms with Crippen LogP contribution >= 0.6 is 7.82 Å². The summed E-state index contributed by atoms with van der Waals surface area (Å²) in [4.78, 5) is 22.6. The van der Waals surface area contributed by atoms with Gasteiger partial charge >= 0.3 is 7.82 Å². The van der Waals surface area contributed by atoms with Gasteiger partial charge < -0.3 is 21.1 Å². The van der Waals surface area contributed by atoms with Gasteiger partial charge in [0.2, 0.25) is 5.91 Å². The molecule has 0 radical (unpaired) electrons. The zero-order chi connectivity index (χ0) is 38.2. The van der Waals surface area contributed by atoms with E-state index in [0.717, 1.165) is 44.9 Å². The van der Waals surface area contributed by atoms with Crippen LogP contribution in [0.4, 0.5) is 0 Å². The Balaban J connectivity index is 4.38. The number of allylic oxidation sites excluding steroid dienone is 11. The van der Waals surface area contributed by atoms with Crippen molar-refractivity contribution < 1.29 is 28.4 Å². The number of phosphoric ester groups is 1. The van der Waals surface area contributed by atoms with Crippen molar-refractivity contribution in [2.45, 2.75) is 174 Å². The Morgan fingerprint density at radius 2 is 1.13 bits per heavy atom. The number of nitrogens with two attached hydrogens (primary N) is 1. The highest BCUT2D eigenvalue weighted by Gasteiger charge is 2.26. The summed E-state index contributed by atoms with van der Waals surface area (Å²) in [5.74, 6) is -0.286. The molecule has 0 aliphatic carbocycles. The van der Waals surface area contributed by atoms with Crippen LogP contribution in [0.3, 0.4) is 0 Å². The van der Waals surface area contributed by atoms with Gasteiger partial charge in [-0.1, -0.05) is 170 Å². The fourth-order valence-corrected chi connectivity index (χ4v) is 6.21. The van der Waals surface area contributed by atoms with Gasteiger partial charge in [-0.2, -0.15) is 0 Å². The molecule has 0 aromatic rings. The average Bonchev–Trinajstić information content (AvgIpc) is 3.13. The molecule has 52 heavy (non-hydrogen) atoms. The van der Waals surface area contributed by atoms with Crippen molar-refractivity contribution >= 4 is 13.7 Å². The highest BCUT2D eigenvalue weighted by atomic mass is 31.2. The molecule has 0 rings (SSSR count). The molecule has 0 bridgehead atoms. The Kier molecular flexibility index (Phi) is 37.1. The molecule has 9 heteroatoms. The lowest BCUT2D eigenvalue weighted by Crippen LogP contribution is -2.45. The number of carbonyl (C=O) groups is 1. The normalized spacial score (nSPS) is 14.9. The Morgan fingerprint density at radius 3 is 1.69 bits per heavy atom. The summed E-state index contributed by atoms with van der Waals surface area (Å²) in [5, 5.41) is 13.6. The highest BCUT2D eigenvalue weighted by molar-refractivity contribution is 7.47. The lowest BCUT2D eigenvalue weighted by Gasteiger charge is -2.23. The van der Waals surface area contributed by atoms with Crippen molar-refractivity contribution in [1.82, 2.24) is 5.32 Å². The van der Waals surface area contributed by atoms with Crippen LogP contribution in [0.2, 0.25) is 0 Å². The van der Waals surface area contributed by atoms with Crippen LogP contribution in [0.1, 0.15) is 162 Å². The summed E-state index contributed by atoms with van der Waals surface area (Å²) < 4.78 is 22.0. The molecule has 0 heterocycles. The van der Waals surface area contributed by atoms with E-state index >= 15 is 0 Å². The average molecular weight is 749 g/mol. The van der Waals surface area contributed by atoms with Gasteiger partial charge in [0.15, 0.2) is 0 Å². The standard InChI is InChI=1S/C43H77N2O6P/c1-3-5-7-9-11-13-15-17-18-19-20-21-22-23-25-26-28-30-32-34-36-42(46)41(40-51-52(48,49)50-39-38-44)45-43(47)37-35-33-31-29-27-24-16-14-12-10-8-6-4-2/h6,8,12,14,24,26-28,31,33-34,36,41-42,46H,3-5,7,9-11,13,15-23,25,29-30,32,35,37-40,44H2,1-2H3,(H,45,47)(H,48,49)/b8-6-,14-12-,27-24-,28-26+,33-31-,36-34+. The predicted molar refractivity (Wildman–Crippen MR) is 221 cm³/mol. The molecule has 0 saturated carbocycles.